The normalized spacial score (nSPS) is 14.2. The van der Waals surface area contributed by atoms with Crippen LogP contribution in [-0.4, -0.2) is 6.54 Å². The molecule has 1 aliphatic carbocycles. The minimum atomic E-state index is 0.473. The molecule has 2 aromatic rings. The smallest absolute Gasteiger partial charge is 0.124 e. The second-order valence-electron chi connectivity index (χ2n) is 6.68. The fraction of sp³-hybridized carbons (Fsp3) is 0.364. The molecule has 0 heterocycles. The lowest BCUT2D eigenvalue weighted by Crippen LogP contribution is -2.16. The van der Waals surface area contributed by atoms with E-state index in [1.165, 1.54) is 31.2 Å². The quantitative estimate of drug-likeness (QED) is 0.408. The van der Waals surface area contributed by atoms with Crippen molar-refractivity contribution in [3.8, 4) is 5.75 Å². The van der Waals surface area contributed by atoms with Gasteiger partial charge in [0, 0.05) is 12.1 Å². The number of para-hydroxylation sites is 1. The van der Waals surface area contributed by atoms with E-state index in [0.29, 0.717) is 16.7 Å². The number of benzene rings is 2. The fourth-order valence-electron chi connectivity index (χ4n) is 3.18. The number of nitrogens with one attached hydrogen (secondary N) is 1. The van der Waals surface area contributed by atoms with Crippen molar-refractivity contribution in [2.45, 2.75) is 45.3 Å². The predicted molar refractivity (Wildman–Crippen MR) is 110 cm³/mol. The molecule has 26 heavy (non-hydrogen) atoms. The summed E-state index contributed by atoms with van der Waals surface area (Å²) in [5.74, 6) is 0.906. The minimum Gasteiger partial charge on any atom is -0.489 e. The van der Waals surface area contributed by atoms with Crippen molar-refractivity contribution >= 4 is 23.2 Å². The van der Waals surface area contributed by atoms with Crippen molar-refractivity contribution in [1.82, 2.24) is 5.32 Å². The molecule has 0 fully saturated rings. The van der Waals surface area contributed by atoms with E-state index < -0.39 is 0 Å². The number of allylic oxidation sites excluding steroid dienone is 1. The summed E-state index contributed by atoms with van der Waals surface area (Å²) in [5.41, 5.74) is 3.78. The molecular formula is C22H25Cl2NO. The highest BCUT2D eigenvalue weighted by Crippen LogP contribution is 2.25. The number of ether oxygens (including phenoxy) is 1. The average molecular weight is 390 g/mol. The van der Waals surface area contributed by atoms with Gasteiger partial charge < -0.3 is 10.1 Å². The molecule has 0 aliphatic heterocycles. The van der Waals surface area contributed by atoms with Gasteiger partial charge in [-0.1, -0.05) is 59.1 Å². The zero-order valence-electron chi connectivity index (χ0n) is 14.9. The molecule has 138 valence electrons. The van der Waals surface area contributed by atoms with E-state index >= 15 is 0 Å². The summed E-state index contributed by atoms with van der Waals surface area (Å²) in [6, 6.07) is 13.8. The predicted octanol–water partition coefficient (Wildman–Crippen LogP) is 6.55. The first kappa shape index (κ1) is 19.3. The summed E-state index contributed by atoms with van der Waals surface area (Å²) in [5, 5.41) is 4.66. The molecule has 1 N–H and O–H groups in total. The third-order valence-corrected chi connectivity index (χ3v) is 5.41. The maximum absolute atomic E-state index is 6.07. The fourth-order valence-corrected chi connectivity index (χ4v) is 3.51. The van der Waals surface area contributed by atoms with E-state index in [0.717, 1.165) is 30.8 Å². The first-order valence-electron chi connectivity index (χ1n) is 9.25. The van der Waals surface area contributed by atoms with Crippen LogP contribution in [0.15, 0.2) is 54.1 Å². The molecule has 0 spiro atoms. The largest absolute Gasteiger partial charge is 0.489 e. The van der Waals surface area contributed by atoms with E-state index in [1.54, 1.807) is 11.6 Å². The highest BCUT2D eigenvalue weighted by molar-refractivity contribution is 6.42. The lowest BCUT2D eigenvalue weighted by molar-refractivity contribution is 0.302. The van der Waals surface area contributed by atoms with Crippen LogP contribution in [0, 0.1) is 0 Å². The van der Waals surface area contributed by atoms with Crippen molar-refractivity contribution in [2.24, 2.45) is 0 Å². The minimum absolute atomic E-state index is 0.473. The summed E-state index contributed by atoms with van der Waals surface area (Å²) in [4.78, 5) is 0. The molecule has 2 aromatic carbocycles. The molecule has 0 saturated heterocycles. The van der Waals surface area contributed by atoms with Gasteiger partial charge in [-0.15, -0.1) is 0 Å². The van der Waals surface area contributed by atoms with Gasteiger partial charge in [-0.05, 0) is 62.4 Å². The molecule has 0 atom stereocenters. The molecule has 2 nitrogen and oxygen atoms in total. The average Bonchev–Trinajstić information content (AvgIpc) is 2.68. The van der Waals surface area contributed by atoms with Crippen LogP contribution in [0.4, 0.5) is 0 Å². The number of rotatable bonds is 8. The Kier molecular flexibility index (Phi) is 7.43. The Morgan fingerprint density at radius 2 is 1.88 bits per heavy atom. The third kappa shape index (κ3) is 5.77. The summed E-state index contributed by atoms with van der Waals surface area (Å²) in [6.07, 6.45) is 8.77. The monoisotopic (exact) mass is 389 g/mol. The number of halogens is 2. The zero-order valence-corrected chi connectivity index (χ0v) is 16.5. The molecule has 0 amide bonds. The number of hydrogen-bond acceptors (Lipinski definition) is 2. The molecule has 3 rings (SSSR count). The lowest BCUT2D eigenvalue weighted by atomic mass is 9.97. The van der Waals surface area contributed by atoms with E-state index in [9.17, 15) is 0 Å². The Morgan fingerprint density at radius 1 is 1.00 bits per heavy atom. The van der Waals surface area contributed by atoms with Crippen LogP contribution >= 0.6 is 23.2 Å². The molecule has 0 bridgehead atoms. The molecule has 0 saturated carbocycles. The Morgan fingerprint density at radius 3 is 2.69 bits per heavy atom. The van der Waals surface area contributed by atoms with Crippen LogP contribution in [0.5, 0.6) is 5.75 Å². The van der Waals surface area contributed by atoms with Crippen molar-refractivity contribution in [2.75, 3.05) is 6.54 Å². The summed E-state index contributed by atoms with van der Waals surface area (Å²) in [7, 11) is 0. The Labute approximate surface area is 166 Å². The van der Waals surface area contributed by atoms with Gasteiger partial charge in [-0.25, -0.2) is 0 Å². The van der Waals surface area contributed by atoms with Crippen LogP contribution in [0.3, 0.4) is 0 Å². The maximum Gasteiger partial charge on any atom is 0.124 e. The SMILES string of the molecule is Clc1ccc(COc2ccccc2CNCCC2=CCCCC2)cc1Cl. The summed E-state index contributed by atoms with van der Waals surface area (Å²) >= 11 is 12.0. The van der Waals surface area contributed by atoms with E-state index in [2.05, 4.69) is 17.5 Å². The topological polar surface area (TPSA) is 21.3 Å². The van der Waals surface area contributed by atoms with Crippen molar-refractivity contribution in [3.63, 3.8) is 0 Å². The van der Waals surface area contributed by atoms with Crippen LogP contribution in [0.2, 0.25) is 10.0 Å². The lowest BCUT2D eigenvalue weighted by Gasteiger charge is -2.14. The Balaban J connectivity index is 1.50. The highest BCUT2D eigenvalue weighted by Gasteiger charge is 2.06. The molecule has 0 unspecified atom stereocenters. The van der Waals surface area contributed by atoms with Crippen molar-refractivity contribution < 1.29 is 4.74 Å². The first-order chi connectivity index (χ1) is 12.7. The molecular weight excluding hydrogens is 365 g/mol. The van der Waals surface area contributed by atoms with Gasteiger partial charge in [0.2, 0.25) is 0 Å². The van der Waals surface area contributed by atoms with Crippen LogP contribution < -0.4 is 10.1 Å². The van der Waals surface area contributed by atoms with Gasteiger partial charge >= 0.3 is 0 Å². The van der Waals surface area contributed by atoms with E-state index in [4.69, 9.17) is 27.9 Å². The standard InChI is InChI=1S/C22H25Cl2NO/c23-20-11-10-18(14-21(20)24)16-26-22-9-5-4-8-19(22)15-25-13-12-17-6-2-1-3-7-17/h4-6,8-11,14,25H,1-3,7,12-13,15-16H2. The third-order valence-electron chi connectivity index (χ3n) is 4.67. The van der Waals surface area contributed by atoms with Gasteiger partial charge in [0.15, 0.2) is 0 Å². The van der Waals surface area contributed by atoms with Gasteiger partial charge in [-0.2, -0.15) is 0 Å². The zero-order chi connectivity index (χ0) is 18.2. The van der Waals surface area contributed by atoms with Crippen LogP contribution in [0.25, 0.3) is 0 Å². The molecule has 4 heteroatoms. The van der Waals surface area contributed by atoms with Gasteiger partial charge in [0.25, 0.3) is 0 Å². The second kappa shape index (κ2) is 10.0. The van der Waals surface area contributed by atoms with Crippen molar-refractivity contribution in [3.05, 3.63) is 75.3 Å². The molecule has 0 radical (unpaired) electrons. The Bertz CT molecular complexity index is 758. The van der Waals surface area contributed by atoms with Crippen LogP contribution in [-0.2, 0) is 13.2 Å². The maximum atomic E-state index is 6.07. The Hall–Kier alpha value is -1.48. The number of hydrogen-bond donors (Lipinski definition) is 1. The first-order valence-corrected chi connectivity index (χ1v) is 10.0. The second-order valence-corrected chi connectivity index (χ2v) is 7.49. The van der Waals surface area contributed by atoms with E-state index in [-0.39, 0.29) is 0 Å². The van der Waals surface area contributed by atoms with Crippen molar-refractivity contribution in [1.29, 1.82) is 0 Å². The van der Waals surface area contributed by atoms with E-state index in [1.807, 2.05) is 30.3 Å². The summed E-state index contributed by atoms with van der Waals surface area (Å²) < 4.78 is 6.01. The van der Waals surface area contributed by atoms with Gasteiger partial charge in [-0.3, -0.25) is 0 Å². The highest BCUT2D eigenvalue weighted by atomic mass is 35.5. The van der Waals surface area contributed by atoms with Crippen LogP contribution in [0.1, 0.15) is 43.2 Å². The van der Waals surface area contributed by atoms with Gasteiger partial charge in [0.05, 0.1) is 10.0 Å². The van der Waals surface area contributed by atoms with Gasteiger partial charge in [0.1, 0.15) is 12.4 Å². The molecule has 0 aromatic heterocycles. The molecule has 1 aliphatic rings. The summed E-state index contributed by atoms with van der Waals surface area (Å²) in [6.45, 7) is 2.29.